The standard InChI is InChI=1S/C19H22N4O2S/c24-26(25,18-5-2-1-3-6-18)23-10-4-9-22(11-12-23)15-16-7-8-17-14-20-21-19(17)13-16/h1-3,5-8,13-14H,4,9-12,15H2,(H,20,21). The average Bonchev–Trinajstić information content (AvgIpc) is 2.99. The average molecular weight is 370 g/mol. The Bertz CT molecular complexity index is 985. The van der Waals surface area contributed by atoms with Gasteiger partial charge in [-0.2, -0.15) is 9.40 Å². The third-order valence-electron chi connectivity index (χ3n) is 4.84. The Morgan fingerprint density at radius 2 is 1.85 bits per heavy atom. The van der Waals surface area contributed by atoms with Gasteiger partial charge in [0.2, 0.25) is 10.0 Å². The van der Waals surface area contributed by atoms with Crippen LogP contribution in [0, 0.1) is 0 Å². The number of nitrogens with zero attached hydrogens (tertiary/aromatic N) is 3. The van der Waals surface area contributed by atoms with Crippen molar-refractivity contribution in [3.63, 3.8) is 0 Å². The van der Waals surface area contributed by atoms with E-state index in [9.17, 15) is 8.42 Å². The molecule has 1 aromatic heterocycles. The van der Waals surface area contributed by atoms with Gasteiger partial charge in [-0.3, -0.25) is 10.00 Å². The van der Waals surface area contributed by atoms with E-state index in [1.165, 1.54) is 5.56 Å². The second kappa shape index (κ2) is 7.19. The van der Waals surface area contributed by atoms with E-state index in [0.29, 0.717) is 18.0 Å². The first-order chi connectivity index (χ1) is 12.6. The van der Waals surface area contributed by atoms with Gasteiger partial charge < -0.3 is 0 Å². The van der Waals surface area contributed by atoms with Crippen LogP contribution < -0.4 is 0 Å². The number of benzene rings is 2. The number of nitrogens with one attached hydrogen (secondary N) is 1. The molecule has 136 valence electrons. The Morgan fingerprint density at radius 1 is 1.00 bits per heavy atom. The zero-order valence-electron chi connectivity index (χ0n) is 14.5. The highest BCUT2D eigenvalue weighted by Gasteiger charge is 2.26. The predicted octanol–water partition coefficient (Wildman–Crippen LogP) is 2.46. The van der Waals surface area contributed by atoms with Gasteiger partial charge in [-0.1, -0.05) is 30.3 Å². The third-order valence-corrected chi connectivity index (χ3v) is 6.75. The van der Waals surface area contributed by atoms with Gasteiger partial charge in [0.25, 0.3) is 0 Å². The van der Waals surface area contributed by atoms with Gasteiger partial charge in [0.15, 0.2) is 0 Å². The van der Waals surface area contributed by atoms with Crippen LogP contribution in [0.3, 0.4) is 0 Å². The molecule has 0 atom stereocenters. The quantitative estimate of drug-likeness (QED) is 0.766. The summed E-state index contributed by atoms with van der Waals surface area (Å²) in [7, 11) is -3.41. The Hall–Kier alpha value is -2.22. The van der Waals surface area contributed by atoms with E-state index in [2.05, 4.69) is 33.3 Å². The van der Waals surface area contributed by atoms with Crippen LogP contribution in [-0.2, 0) is 16.6 Å². The van der Waals surface area contributed by atoms with Crippen molar-refractivity contribution < 1.29 is 8.42 Å². The number of aromatic amines is 1. The fourth-order valence-electron chi connectivity index (χ4n) is 3.43. The van der Waals surface area contributed by atoms with E-state index in [1.807, 2.05) is 12.3 Å². The molecule has 4 rings (SSSR count). The van der Waals surface area contributed by atoms with Gasteiger partial charge in [-0.05, 0) is 36.7 Å². The maximum absolute atomic E-state index is 12.8. The molecule has 1 saturated heterocycles. The minimum atomic E-state index is -3.41. The summed E-state index contributed by atoms with van der Waals surface area (Å²) in [5.41, 5.74) is 2.24. The van der Waals surface area contributed by atoms with E-state index >= 15 is 0 Å². The van der Waals surface area contributed by atoms with Gasteiger partial charge in [-0.15, -0.1) is 0 Å². The van der Waals surface area contributed by atoms with Gasteiger partial charge in [-0.25, -0.2) is 8.42 Å². The zero-order valence-corrected chi connectivity index (χ0v) is 15.3. The van der Waals surface area contributed by atoms with E-state index in [1.54, 1.807) is 28.6 Å². The predicted molar refractivity (Wildman–Crippen MR) is 101 cm³/mol. The lowest BCUT2D eigenvalue weighted by Crippen LogP contribution is -2.35. The summed E-state index contributed by atoms with van der Waals surface area (Å²) in [6.45, 7) is 3.51. The number of rotatable bonds is 4. The number of hydrogen-bond donors (Lipinski definition) is 1. The SMILES string of the molecule is O=S(=O)(c1ccccc1)N1CCCN(Cc2ccc3cn[nH]c3c2)CC1. The summed E-state index contributed by atoms with van der Waals surface area (Å²) in [5, 5.41) is 8.16. The lowest BCUT2D eigenvalue weighted by molar-refractivity contribution is 0.279. The van der Waals surface area contributed by atoms with E-state index in [4.69, 9.17) is 0 Å². The Balaban J connectivity index is 1.44. The van der Waals surface area contributed by atoms with Crippen molar-refractivity contribution in [2.24, 2.45) is 0 Å². The van der Waals surface area contributed by atoms with Crippen molar-refractivity contribution in [3.05, 3.63) is 60.3 Å². The van der Waals surface area contributed by atoms with Crippen molar-refractivity contribution in [2.45, 2.75) is 17.9 Å². The van der Waals surface area contributed by atoms with Crippen molar-refractivity contribution in [1.29, 1.82) is 0 Å². The number of H-pyrrole nitrogens is 1. The molecular formula is C19H22N4O2S. The molecule has 0 amide bonds. The highest BCUT2D eigenvalue weighted by Crippen LogP contribution is 2.19. The minimum Gasteiger partial charge on any atom is -0.298 e. The van der Waals surface area contributed by atoms with Crippen LogP contribution >= 0.6 is 0 Å². The van der Waals surface area contributed by atoms with E-state index in [-0.39, 0.29) is 0 Å². The van der Waals surface area contributed by atoms with Gasteiger partial charge >= 0.3 is 0 Å². The molecule has 0 radical (unpaired) electrons. The van der Waals surface area contributed by atoms with Crippen LogP contribution in [0.1, 0.15) is 12.0 Å². The molecule has 2 heterocycles. The maximum atomic E-state index is 12.8. The first kappa shape index (κ1) is 17.2. The van der Waals surface area contributed by atoms with Crippen molar-refractivity contribution in [3.8, 4) is 0 Å². The van der Waals surface area contributed by atoms with Crippen LogP contribution in [0.2, 0.25) is 0 Å². The monoisotopic (exact) mass is 370 g/mol. The smallest absolute Gasteiger partial charge is 0.243 e. The molecule has 1 aliphatic rings. The van der Waals surface area contributed by atoms with Crippen molar-refractivity contribution >= 4 is 20.9 Å². The molecule has 7 heteroatoms. The third kappa shape index (κ3) is 3.51. The van der Waals surface area contributed by atoms with E-state index < -0.39 is 10.0 Å². The van der Waals surface area contributed by atoms with Gasteiger partial charge in [0.1, 0.15) is 0 Å². The van der Waals surface area contributed by atoms with Crippen LogP contribution in [-0.4, -0.2) is 54.0 Å². The topological polar surface area (TPSA) is 69.3 Å². The van der Waals surface area contributed by atoms with Crippen molar-refractivity contribution in [1.82, 2.24) is 19.4 Å². The molecule has 0 unspecified atom stereocenters. The molecule has 0 saturated carbocycles. The first-order valence-electron chi connectivity index (χ1n) is 8.82. The molecule has 0 aliphatic carbocycles. The summed E-state index contributed by atoms with van der Waals surface area (Å²) >= 11 is 0. The molecule has 1 N–H and O–H groups in total. The largest absolute Gasteiger partial charge is 0.298 e. The second-order valence-corrected chi connectivity index (χ2v) is 8.58. The van der Waals surface area contributed by atoms with Gasteiger partial charge in [0, 0.05) is 31.6 Å². The molecule has 3 aromatic rings. The summed E-state index contributed by atoms with van der Waals surface area (Å²) in [5.74, 6) is 0. The van der Waals surface area contributed by atoms with Crippen LogP contribution in [0.25, 0.3) is 10.9 Å². The molecule has 1 fully saturated rings. The maximum Gasteiger partial charge on any atom is 0.243 e. The van der Waals surface area contributed by atoms with Crippen LogP contribution in [0.5, 0.6) is 0 Å². The molecule has 2 aromatic carbocycles. The van der Waals surface area contributed by atoms with Crippen LogP contribution in [0.4, 0.5) is 0 Å². The number of fused-ring (bicyclic) bond motifs is 1. The second-order valence-electron chi connectivity index (χ2n) is 6.64. The fourth-order valence-corrected chi connectivity index (χ4v) is 4.92. The van der Waals surface area contributed by atoms with Gasteiger partial charge in [0.05, 0.1) is 16.6 Å². The molecule has 0 bridgehead atoms. The zero-order chi connectivity index (χ0) is 18.0. The lowest BCUT2D eigenvalue weighted by Gasteiger charge is -2.22. The molecule has 6 nitrogen and oxygen atoms in total. The minimum absolute atomic E-state index is 0.373. The van der Waals surface area contributed by atoms with Crippen LogP contribution in [0.15, 0.2) is 59.6 Å². The summed E-state index contributed by atoms with van der Waals surface area (Å²) < 4.78 is 27.2. The number of hydrogen-bond acceptors (Lipinski definition) is 4. The molecule has 1 aliphatic heterocycles. The Kier molecular flexibility index (Phi) is 4.76. The normalized spacial score (nSPS) is 17.4. The number of aromatic nitrogens is 2. The Morgan fingerprint density at radius 3 is 2.69 bits per heavy atom. The molecular weight excluding hydrogens is 348 g/mol. The summed E-state index contributed by atoms with van der Waals surface area (Å²) in [6, 6.07) is 15.0. The van der Waals surface area contributed by atoms with Crippen molar-refractivity contribution in [2.75, 3.05) is 26.2 Å². The summed E-state index contributed by atoms with van der Waals surface area (Å²) in [6.07, 6.45) is 2.65. The molecule has 0 spiro atoms. The number of sulfonamides is 1. The fraction of sp³-hybridized carbons (Fsp3) is 0.316. The summed E-state index contributed by atoms with van der Waals surface area (Å²) in [4.78, 5) is 2.69. The highest BCUT2D eigenvalue weighted by atomic mass is 32.2. The highest BCUT2D eigenvalue weighted by molar-refractivity contribution is 7.89. The first-order valence-corrected chi connectivity index (χ1v) is 10.3. The Labute approximate surface area is 153 Å². The lowest BCUT2D eigenvalue weighted by atomic mass is 10.1. The molecule has 26 heavy (non-hydrogen) atoms. The van der Waals surface area contributed by atoms with E-state index in [0.717, 1.165) is 37.0 Å².